The van der Waals surface area contributed by atoms with Gasteiger partial charge in [-0.2, -0.15) is 5.10 Å². The van der Waals surface area contributed by atoms with E-state index in [1.54, 1.807) is 11.1 Å². The number of primary amides is 1. The first-order valence-corrected chi connectivity index (χ1v) is 9.12. The molecule has 0 spiro atoms. The number of aryl methyl sites for hydroxylation is 1. The van der Waals surface area contributed by atoms with Crippen molar-refractivity contribution in [1.82, 2.24) is 10.2 Å². The van der Waals surface area contributed by atoms with Crippen LogP contribution in [-0.4, -0.2) is 41.6 Å². The van der Waals surface area contributed by atoms with Crippen molar-refractivity contribution in [2.75, 3.05) is 29.4 Å². The molecule has 1 aromatic carbocycles. The van der Waals surface area contributed by atoms with Crippen LogP contribution >= 0.6 is 0 Å². The van der Waals surface area contributed by atoms with Crippen LogP contribution in [0.4, 0.5) is 11.4 Å². The highest BCUT2D eigenvalue weighted by Gasteiger charge is 2.26. The highest BCUT2D eigenvalue weighted by atomic mass is 16.2. The lowest BCUT2D eigenvalue weighted by Gasteiger charge is -2.33. The van der Waals surface area contributed by atoms with Gasteiger partial charge in [0.25, 0.3) is 5.91 Å². The van der Waals surface area contributed by atoms with E-state index in [1.807, 2.05) is 24.3 Å². The van der Waals surface area contributed by atoms with Crippen LogP contribution in [0.25, 0.3) is 0 Å². The Bertz CT molecular complexity index is 814. The van der Waals surface area contributed by atoms with Crippen molar-refractivity contribution < 1.29 is 9.59 Å². The number of fused-ring (bicyclic) bond motifs is 1. The fourth-order valence-electron chi connectivity index (χ4n) is 3.88. The predicted molar refractivity (Wildman–Crippen MR) is 99.2 cm³/mol. The SMILES string of the molecule is NC(=O)C1CCCN(c2ccc(C(=O)N3CCCc4[nH]ncc43)cc2)C1. The van der Waals surface area contributed by atoms with E-state index in [2.05, 4.69) is 15.1 Å². The molecule has 2 aromatic rings. The number of hydrogen-bond donors (Lipinski definition) is 2. The largest absolute Gasteiger partial charge is 0.371 e. The lowest BCUT2D eigenvalue weighted by molar-refractivity contribution is -0.122. The smallest absolute Gasteiger partial charge is 0.258 e. The lowest BCUT2D eigenvalue weighted by Crippen LogP contribution is -2.41. The molecule has 2 aliphatic heterocycles. The van der Waals surface area contributed by atoms with Crippen molar-refractivity contribution in [2.45, 2.75) is 25.7 Å². The average molecular weight is 353 g/mol. The van der Waals surface area contributed by atoms with Gasteiger partial charge in [-0.15, -0.1) is 0 Å². The Morgan fingerprint density at radius 2 is 1.96 bits per heavy atom. The summed E-state index contributed by atoms with van der Waals surface area (Å²) < 4.78 is 0. The molecule has 1 saturated heterocycles. The Labute approximate surface area is 152 Å². The van der Waals surface area contributed by atoms with Gasteiger partial charge in [0.15, 0.2) is 0 Å². The van der Waals surface area contributed by atoms with Crippen LogP contribution in [0.1, 0.15) is 35.3 Å². The number of piperidine rings is 1. The molecule has 7 heteroatoms. The molecule has 1 aromatic heterocycles. The molecule has 7 nitrogen and oxygen atoms in total. The van der Waals surface area contributed by atoms with Gasteiger partial charge in [0.05, 0.1) is 23.5 Å². The number of nitrogens with zero attached hydrogens (tertiary/aromatic N) is 3. The monoisotopic (exact) mass is 353 g/mol. The Kier molecular flexibility index (Phi) is 4.36. The van der Waals surface area contributed by atoms with Gasteiger partial charge in [-0.1, -0.05) is 0 Å². The number of nitrogens with two attached hydrogens (primary N) is 1. The topological polar surface area (TPSA) is 95.3 Å². The molecule has 1 fully saturated rings. The first-order valence-electron chi connectivity index (χ1n) is 9.12. The minimum atomic E-state index is -0.234. The van der Waals surface area contributed by atoms with Crippen molar-refractivity contribution in [2.24, 2.45) is 11.7 Å². The van der Waals surface area contributed by atoms with Gasteiger partial charge in [0, 0.05) is 30.9 Å². The summed E-state index contributed by atoms with van der Waals surface area (Å²) in [5.74, 6) is -0.340. The molecule has 2 amide bonds. The molecule has 0 radical (unpaired) electrons. The van der Waals surface area contributed by atoms with Gasteiger partial charge in [0.2, 0.25) is 5.91 Å². The minimum absolute atomic E-state index is 0.00689. The summed E-state index contributed by atoms with van der Waals surface area (Å²) in [6.07, 6.45) is 5.38. The Morgan fingerprint density at radius 3 is 2.73 bits per heavy atom. The van der Waals surface area contributed by atoms with Crippen LogP contribution in [0.2, 0.25) is 0 Å². The summed E-state index contributed by atoms with van der Waals surface area (Å²) in [6.45, 7) is 2.26. The molecule has 0 bridgehead atoms. The number of aromatic amines is 1. The van der Waals surface area contributed by atoms with Crippen LogP contribution in [0, 0.1) is 5.92 Å². The molecule has 26 heavy (non-hydrogen) atoms. The Hall–Kier alpha value is -2.83. The zero-order chi connectivity index (χ0) is 18.1. The number of carbonyl (C=O) groups is 2. The number of nitrogens with one attached hydrogen (secondary N) is 1. The van der Waals surface area contributed by atoms with Gasteiger partial charge in [0.1, 0.15) is 0 Å². The zero-order valence-electron chi connectivity index (χ0n) is 14.6. The number of benzene rings is 1. The first-order chi connectivity index (χ1) is 12.6. The molecule has 0 saturated carbocycles. The maximum Gasteiger partial charge on any atom is 0.258 e. The molecule has 3 heterocycles. The average Bonchev–Trinajstić information content (AvgIpc) is 3.16. The fourth-order valence-corrected chi connectivity index (χ4v) is 3.88. The van der Waals surface area contributed by atoms with E-state index in [0.717, 1.165) is 49.3 Å². The standard InChI is InChI=1S/C19H23N5O2/c20-18(25)14-3-1-9-23(12-14)15-7-5-13(6-8-15)19(26)24-10-2-4-16-17(24)11-21-22-16/h5-8,11,14H,1-4,9-10,12H2,(H2,20,25)(H,21,22). The van der Waals surface area contributed by atoms with Crippen LogP contribution in [0.5, 0.6) is 0 Å². The molecule has 0 aliphatic carbocycles. The normalized spacial score (nSPS) is 19.9. The maximum absolute atomic E-state index is 12.9. The van der Waals surface area contributed by atoms with Crippen LogP contribution in [-0.2, 0) is 11.2 Å². The number of carbonyl (C=O) groups excluding carboxylic acids is 2. The summed E-state index contributed by atoms with van der Waals surface area (Å²) in [5.41, 5.74) is 9.04. The predicted octanol–water partition coefficient (Wildman–Crippen LogP) is 1.70. The van der Waals surface area contributed by atoms with Crippen LogP contribution < -0.4 is 15.5 Å². The second-order valence-electron chi connectivity index (χ2n) is 7.03. The molecule has 2 aliphatic rings. The Balaban J connectivity index is 1.50. The Morgan fingerprint density at radius 1 is 1.15 bits per heavy atom. The molecular formula is C19H23N5O2. The zero-order valence-corrected chi connectivity index (χ0v) is 14.6. The summed E-state index contributed by atoms with van der Waals surface area (Å²) >= 11 is 0. The number of anilines is 2. The van der Waals surface area contributed by atoms with Crippen molar-refractivity contribution in [3.8, 4) is 0 Å². The maximum atomic E-state index is 12.9. The fraction of sp³-hybridized carbons (Fsp3) is 0.421. The third kappa shape index (κ3) is 3.05. The number of H-pyrrole nitrogens is 1. The van der Waals surface area contributed by atoms with Gasteiger partial charge in [-0.25, -0.2) is 0 Å². The third-order valence-electron chi connectivity index (χ3n) is 5.34. The van der Waals surface area contributed by atoms with Gasteiger partial charge in [-0.3, -0.25) is 14.7 Å². The molecule has 1 unspecified atom stereocenters. The van der Waals surface area contributed by atoms with Crippen molar-refractivity contribution in [1.29, 1.82) is 0 Å². The van der Waals surface area contributed by atoms with Crippen LogP contribution in [0.3, 0.4) is 0 Å². The van der Waals surface area contributed by atoms with E-state index in [4.69, 9.17) is 5.73 Å². The number of rotatable bonds is 3. The van der Waals surface area contributed by atoms with Gasteiger partial charge < -0.3 is 15.5 Å². The van der Waals surface area contributed by atoms with Crippen molar-refractivity contribution in [3.63, 3.8) is 0 Å². The van der Waals surface area contributed by atoms with E-state index < -0.39 is 0 Å². The van der Waals surface area contributed by atoms with Gasteiger partial charge >= 0.3 is 0 Å². The number of amides is 2. The van der Waals surface area contributed by atoms with Crippen LogP contribution in [0.15, 0.2) is 30.5 Å². The van der Waals surface area contributed by atoms with E-state index in [0.29, 0.717) is 18.7 Å². The summed E-state index contributed by atoms with van der Waals surface area (Å²) in [6, 6.07) is 7.63. The molecular weight excluding hydrogens is 330 g/mol. The number of hydrogen-bond acceptors (Lipinski definition) is 4. The summed E-state index contributed by atoms with van der Waals surface area (Å²) in [4.78, 5) is 28.3. The van der Waals surface area contributed by atoms with E-state index >= 15 is 0 Å². The van der Waals surface area contributed by atoms with E-state index in [-0.39, 0.29) is 17.7 Å². The first kappa shape index (κ1) is 16.6. The molecule has 4 rings (SSSR count). The van der Waals surface area contributed by atoms with Gasteiger partial charge in [-0.05, 0) is 49.9 Å². The third-order valence-corrected chi connectivity index (χ3v) is 5.34. The quantitative estimate of drug-likeness (QED) is 0.878. The minimum Gasteiger partial charge on any atom is -0.371 e. The second kappa shape index (κ2) is 6.82. The lowest BCUT2D eigenvalue weighted by atomic mass is 9.97. The molecule has 1 atom stereocenters. The number of aromatic nitrogens is 2. The highest BCUT2D eigenvalue weighted by molar-refractivity contribution is 6.06. The van der Waals surface area contributed by atoms with E-state index in [9.17, 15) is 9.59 Å². The van der Waals surface area contributed by atoms with E-state index in [1.165, 1.54) is 0 Å². The molecule has 136 valence electrons. The molecule has 3 N–H and O–H groups in total. The van der Waals surface area contributed by atoms with Crippen molar-refractivity contribution >= 4 is 23.2 Å². The second-order valence-corrected chi connectivity index (χ2v) is 7.03. The summed E-state index contributed by atoms with van der Waals surface area (Å²) in [5, 5.41) is 7.03. The summed E-state index contributed by atoms with van der Waals surface area (Å²) in [7, 11) is 0. The van der Waals surface area contributed by atoms with Crippen molar-refractivity contribution in [3.05, 3.63) is 41.7 Å². The highest BCUT2D eigenvalue weighted by Crippen LogP contribution is 2.28.